The van der Waals surface area contributed by atoms with E-state index in [1.807, 2.05) is 6.08 Å². The molecule has 1 rings (SSSR count). The maximum absolute atomic E-state index is 13.5. The Balaban J connectivity index is 2.60. The van der Waals surface area contributed by atoms with Crippen LogP contribution in [0.5, 0.6) is 0 Å². The lowest BCUT2D eigenvalue weighted by Gasteiger charge is -2.41. The molecule has 6 N–H and O–H groups in total. The van der Waals surface area contributed by atoms with Crippen molar-refractivity contribution in [3.8, 4) is 0 Å². The highest BCUT2D eigenvalue weighted by Crippen LogP contribution is 2.26. The van der Waals surface area contributed by atoms with E-state index in [0.717, 1.165) is 57.8 Å². The molecule has 0 spiro atoms. The molecule has 80 heavy (non-hydrogen) atoms. The van der Waals surface area contributed by atoms with Crippen LogP contribution in [0, 0.1) is 0 Å². The fourth-order valence-corrected chi connectivity index (χ4v) is 11.1. The molecule has 8 atom stereocenters. The van der Waals surface area contributed by atoms with E-state index < -0.39 is 67.4 Å². The first-order chi connectivity index (χ1) is 39.2. The van der Waals surface area contributed by atoms with E-state index >= 15 is 0 Å². The number of rotatable bonds is 60. The van der Waals surface area contributed by atoms with E-state index in [0.29, 0.717) is 19.3 Å². The quantitative estimate of drug-likeness (QED) is 0.0195. The smallest absolute Gasteiger partial charge is 0.306 e. The van der Waals surface area contributed by atoms with Crippen molar-refractivity contribution in [2.75, 3.05) is 13.2 Å². The third kappa shape index (κ3) is 44.6. The second kappa shape index (κ2) is 57.6. The van der Waals surface area contributed by atoms with Gasteiger partial charge in [-0.1, -0.05) is 308 Å². The van der Waals surface area contributed by atoms with Gasteiger partial charge in [-0.25, -0.2) is 0 Å². The van der Waals surface area contributed by atoms with Crippen LogP contribution in [-0.4, -0.2) is 99.6 Å². The highest BCUT2D eigenvalue weighted by atomic mass is 16.7. The number of hydrogen-bond acceptors (Lipinski definition) is 10. The summed E-state index contributed by atoms with van der Waals surface area (Å²) in [6.07, 6.45) is 57.9. The van der Waals surface area contributed by atoms with Gasteiger partial charge in [0, 0.05) is 6.42 Å². The molecule has 0 aromatic rings. The summed E-state index contributed by atoms with van der Waals surface area (Å²) in [6, 6.07) is -1.02. The van der Waals surface area contributed by atoms with Gasteiger partial charge < -0.3 is 45.1 Å². The van der Waals surface area contributed by atoms with E-state index in [1.54, 1.807) is 6.08 Å². The number of carbonyl (C=O) groups excluding carboxylic acids is 2. The molecule has 11 heteroatoms. The Hall–Kier alpha value is -1.86. The van der Waals surface area contributed by atoms with E-state index in [1.165, 1.54) is 238 Å². The van der Waals surface area contributed by atoms with E-state index in [4.69, 9.17) is 14.2 Å². The van der Waals surface area contributed by atoms with Crippen LogP contribution in [0.15, 0.2) is 24.3 Å². The molecule has 11 nitrogen and oxygen atoms in total. The molecular formula is C69H131NO10. The second-order valence-corrected chi connectivity index (χ2v) is 24.3. The predicted octanol–water partition coefficient (Wildman–Crippen LogP) is 17.2. The van der Waals surface area contributed by atoms with Gasteiger partial charge in [-0.05, 0) is 51.4 Å². The van der Waals surface area contributed by atoms with Crippen molar-refractivity contribution in [2.45, 2.75) is 391 Å². The molecular weight excluding hydrogens is 1000 g/mol. The Morgan fingerprint density at radius 2 is 0.825 bits per heavy atom. The van der Waals surface area contributed by atoms with Crippen LogP contribution >= 0.6 is 0 Å². The number of esters is 1. The number of carbonyl (C=O) groups is 2. The minimum Gasteiger partial charge on any atom is -0.454 e. The maximum Gasteiger partial charge on any atom is 0.306 e. The Kier molecular flexibility index (Phi) is 54.8. The normalized spacial score (nSPS) is 18.8. The van der Waals surface area contributed by atoms with Crippen molar-refractivity contribution in [2.24, 2.45) is 0 Å². The largest absolute Gasteiger partial charge is 0.454 e. The van der Waals surface area contributed by atoms with Crippen molar-refractivity contribution >= 4 is 11.9 Å². The summed E-state index contributed by atoms with van der Waals surface area (Å²) < 4.78 is 17.7. The summed E-state index contributed by atoms with van der Waals surface area (Å²) in [4.78, 5) is 26.6. The van der Waals surface area contributed by atoms with Gasteiger partial charge in [0.05, 0.1) is 25.4 Å². The van der Waals surface area contributed by atoms with Crippen molar-refractivity contribution < 1.29 is 49.3 Å². The zero-order chi connectivity index (χ0) is 58.2. The van der Waals surface area contributed by atoms with E-state index in [9.17, 15) is 35.1 Å². The van der Waals surface area contributed by atoms with Crippen LogP contribution in [0.2, 0.25) is 0 Å². The maximum atomic E-state index is 13.5. The zero-order valence-electron chi connectivity index (χ0n) is 52.5. The zero-order valence-corrected chi connectivity index (χ0v) is 52.5. The third-order valence-electron chi connectivity index (χ3n) is 16.6. The number of nitrogens with one attached hydrogen (secondary N) is 1. The van der Waals surface area contributed by atoms with Crippen LogP contribution in [-0.2, 0) is 23.8 Å². The minimum absolute atomic E-state index is 0.125. The first-order valence-corrected chi connectivity index (χ1v) is 34.6. The number of hydrogen-bond donors (Lipinski definition) is 6. The summed E-state index contributed by atoms with van der Waals surface area (Å²) in [5.41, 5.74) is 0. The standard InChI is InChI=1S/C69H131NO10/c1-4-7-10-13-16-19-22-25-27-29-31-33-34-36-38-41-44-47-50-53-56-62(73)68(77)70-60(61(72)55-52-49-46-43-40-24-21-18-15-12-9-6-3)59-78-69-67(66(76)65(75)63(58-71)79-69)80-64(74)57-54-51-48-45-42-39-37-35-32-30-28-26-23-20-17-14-11-8-5-2/h26,28,52,55,60-63,65-67,69,71-73,75-76H,4-25,27,29-51,53-54,56-59H2,1-3H3,(H,70,77)/b28-26+,55-52+. The Bertz CT molecular complexity index is 1400. The molecule has 0 saturated carbocycles. The first-order valence-electron chi connectivity index (χ1n) is 34.6. The lowest BCUT2D eigenvalue weighted by Crippen LogP contribution is -2.61. The van der Waals surface area contributed by atoms with Crippen LogP contribution < -0.4 is 5.32 Å². The first kappa shape index (κ1) is 76.2. The molecule has 0 aliphatic carbocycles. The molecule has 0 bridgehead atoms. The van der Waals surface area contributed by atoms with Gasteiger partial charge in [-0.2, -0.15) is 0 Å². The van der Waals surface area contributed by atoms with Gasteiger partial charge in [0.15, 0.2) is 12.4 Å². The monoisotopic (exact) mass is 1130 g/mol. The predicted molar refractivity (Wildman–Crippen MR) is 334 cm³/mol. The third-order valence-corrected chi connectivity index (χ3v) is 16.6. The Labute approximate surface area is 492 Å². The molecule has 1 aliphatic rings. The average molecular weight is 1130 g/mol. The van der Waals surface area contributed by atoms with Crippen molar-refractivity contribution in [3.05, 3.63) is 24.3 Å². The second-order valence-electron chi connectivity index (χ2n) is 24.3. The van der Waals surface area contributed by atoms with E-state index in [-0.39, 0.29) is 13.0 Å². The Morgan fingerprint density at radius 3 is 1.21 bits per heavy atom. The lowest BCUT2D eigenvalue weighted by molar-refractivity contribution is -0.305. The number of unbranched alkanes of at least 4 members (excludes halogenated alkanes) is 44. The van der Waals surface area contributed by atoms with Crippen molar-refractivity contribution in [3.63, 3.8) is 0 Å². The molecule has 472 valence electrons. The number of aliphatic hydroxyl groups is 5. The molecule has 8 unspecified atom stereocenters. The number of amides is 1. The molecule has 1 aliphatic heterocycles. The summed E-state index contributed by atoms with van der Waals surface area (Å²) in [5.74, 6) is -1.18. The van der Waals surface area contributed by atoms with Gasteiger partial charge in [-0.3, -0.25) is 9.59 Å². The lowest BCUT2D eigenvalue weighted by atomic mass is 9.99. The molecule has 0 aromatic carbocycles. The Morgan fingerprint density at radius 1 is 0.475 bits per heavy atom. The molecule has 1 fully saturated rings. The van der Waals surface area contributed by atoms with Gasteiger partial charge in [0.25, 0.3) is 0 Å². The van der Waals surface area contributed by atoms with Crippen LogP contribution in [0.25, 0.3) is 0 Å². The number of allylic oxidation sites excluding steroid dienone is 3. The molecule has 1 amide bonds. The molecule has 0 aromatic heterocycles. The topological polar surface area (TPSA) is 175 Å². The van der Waals surface area contributed by atoms with Crippen LogP contribution in [0.4, 0.5) is 0 Å². The van der Waals surface area contributed by atoms with E-state index in [2.05, 4.69) is 38.2 Å². The van der Waals surface area contributed by atoms with Gasteiger partial charge >= 0.3 is 5.97 Å². The minimum atomic E-state index is -1.61. The molecule has 0 radical (unpaired) electrons. The van der Waals surface area contributed by atoms with Crippen molar-refractivity contribution in [1.82, 2.24) is 5.32 Å². The average Bonchev–Trinajstić information content (AvgIpc) is 3.48. The SMILES string of the molecule is CCCCCCCC/C=C/CCCCCCCCCCCC(=O)OC1C(OCC(NC(=O)C(O)CCCCCCCCCCCCCCCCCCCCCC)C(O)/C=C/CCCCCCCCCCCC)OC(CO)C(O)C1O. The summed E-state index contributed by atoms with van der Waals surface area (Å²) in [5, 5.41) is 57.2. The summed E-state index contributed by atoms with van der Waals surface area (Å²) >= 11 is 0. The highest BCUT2D eigenvalue weighted by molar-refractivity contribution is 5.80. The fraction of sp³-hybridized carbons (Fsp3) is 0.913. The summed E-state index contributed by atoms with van der Waals surface area (Å²) in [6.45, 7) is 5.84. The highest BCUT2D eigenvalue weighted by Gasteiger charge is 2.47. The fourth-order valence-electron chi connectivity index (χ4n) is 11.1. The van der Waals surface area contributed by atoms with Gasteiger partial charge in [0.2, 0.25) is 5.91 Å². The van der Waals surface area contributed by atoms with Crippen molar-refractivity contribution in [1.29, 1.82) is 0 Å². The van der Waals surface area contributed by atoms with Crippen LogP contribution in [0.3, 0.4) is 0 Å². The number of aliphatic hydroxyl groups excluding tert-OH is 5. The van der Waals surface area contributed by atoms with Gasteiger partial charge in [-0.15, -0.1) is 0 Å². The van der Waals surface area contributed by atoms with Crippen LogP contribution in [0.1, 0.15) is 342 Å². The molecule has 1 saturated heterocycles. The van der Waals surface area contributed by atoms with Gasteiger partial charge in [0.1, 0.15) is 24.4 Å². The molecule has 1 heterocycles. The number of ether oxygens (including phenoxy) is 3. The summed E-state index contributed by atoms with van der Waals surface area (Å²) in [7, 11) is 0.